The van der Waals surface area contributed by atoms with Crippen LogP contribution in [0.1, 0.15) is 31.2 Å². The van der Waals surface area contributed by atoms with E-state index in [0.717, 1.165) is 35.0 Å². The molecule has 1 aliphatic carbocycles. The summed E-state index contributed by atoms with van der Waals surface area (Å²) < 4.78 is 28.4. The highest BCUT2D eigenvalue weighted by atomic mass is 79.9. The van der Waals surface area contributed by atoms with Gasteiger partial charge in [-0.25, -0.2) is 13.1 Å². The van der Waals surface area contributed by atoms with Crippen molar-refractivity contribution in [1.29, 1.82) is 0 Å². The smallest absolute Gasteiger partial charge is 0.250 e. The third-order valence-electron chi connectivity index (χ3n) is 3.19. The van der Waals surface area contributed by atoms with Gasteiger partial charge in [0.1, 0.15) is 4.21 Å². The molecule has 2 rings (SSSR count). The van der Waals surface area contributed by atoms with E-state index >= 15 is 0 Å². The zero-order chi connectivity index (χ0) is 13.3. The van der Waals surface area contributed by atoms with Crippen molar-refractivity contribution in [2.24, 2.45) is 5.73 Å². The maximum atomic E-state index is 12.2. The highest BCUT2D eigenvalue weighted by Gasteiger charge is 2.25. The summed E-state index contributed by atoms with van der Waals surface area (Å²) in [6.07, 6.45) is 3.43. The molecule has 19 heavy (non-hydrogen) atoms. The van der Waals surface area contributed by atoms with Crippen LogP contribution >= 0.6 is 39.7 Å². The average Bonchev–Trinajstić information content (AvgIpc) is 2.63. The lowest BCUT2D eigenvalue weighted by atomic mass is 9.93. The molecule has 0 atom stereocenters. The third kappa shape index (κ3) is 4.41. The summed E-state index contributed by atoms with van der Waals surface area (Å²) >= 11 is 4.60. The van der Waals surface area contributed by atoms with E-state index in [2.05, 4.69) is 20.7 Å². The Morgan fingerprint density at radius 1 is 1.37 bits per heavy atom. The van der Waals surface area contributed by atoms with Crippen LogP contribution in [0, 0.1) is 6.92 Å². The molecule has 1 aromatic heterocycles. The van der Waals surface area contributed by atoms with Crippen LogP contribution in [0.25, 0.3) is 0 Å². The maximum Gasteiger partial charge on any atom is 0.250 e. The van der Waals surface area contributed by atoms with E-state index in [-0.39, 0.29) is 24.5 Å². The number of hydrogen-bond acceptors (Lipinski definition) is 4. The normalized spacial score (nSPS) is 23.9. The van der Waals surface area contributed by atoms with Gasteiger partial charge in [0.2, 0.25) is 10.0 Å². The first-order valence-electron chi connectivity index (χ1n) is 5.92. The Kier molecular flexibility index (Phi) is 6.28. The predicted molar refractivity (Wildman–Crippen MR) is 84.6 cm³/mol. The lowest BCUT2D eigenvalue weighted by molar-refractivity contribution is 0.374. The van der Waals surface area contributed by atoms with Gasteiger partial charge in [-0.15, -0.1) is 23.7 Å². The molecule has 1 saturated carbocycles. The van der Waals surface area contributed by atoms with Crippen LogP contribution in [0.2, 0.25) is 0 Å². The van der Waals surface area contributed by atoms with E-state index in [1.165, 1.54) is 11.3 Å². The first kappa shape index (κ1) is 17.4. The van der Waals surface area contributed by atoms with Gasteiger partial charge in [0.25, 0.3) is 0 Å². The monoisotopic (exact) mass is 388 g/mol. The molecule has 110 valence electrons. The van der Waals surface area contributed by atoms with Gasteiger partial charge in [-0.1, -0.05) is 0 Å². The fourth-order valence-corrected chi connectivity index (χ4v) is 5.63. The number of rotatable bonds is 3. The molecule has 0 unspecified atom stereocenters. The second-order valence-electron chi connectivity index (χ2n) is 4.76. The van der Waals surface area contributed by atoms with Gasteiger partial charge in [-0.2, -0.15) is 0 Å². The number of aryl methyl sites for hydroxylation is 1. The SMILES string of the molecule is Cc1cc(S(=O)(=O)NC2CCC(N)CC2)sc1Br.Cl. The van der Waals surface area contributed by atoms with Crippen LogP contribution in [0.15, 0.2) is 14.1 Å². The Bertz CT molecular complexity index is 505. The van der Waals surface area contributed by atoms with E-state index in [9.17, 15) is 8.42 Å². The Hall–Kier alpha value is 0.340. The summed E-state index contributed by atoms with van der Waals surface area (Å²) in [5.74, 6) is 0. The van der Waals surface area contributed by atoms with Crippen LogP contribution in [-0.4, -0.2) is 20.5 Å². The Morgan fingerprint density at radius 2 is 1.95 bits per heavy atom. The molecule has 0 saturated heterocycles. The lowest BCUT2D eigenvalue weighted by Crippen LogP contribution is -2.40. The first-order valence-corrected chi connectivity index (χ1v) is 9.01. The van der Waals surface area contributed by atoms with Crippen molar-refractivity contribution in [2.45, 2.75) is 48.9 Å². The Balaban J connectivity index is 0.00000180. The van der Waals surface area contributed by atoms with Gasteiger partial charge < -0.3 is 5.73 Å². The highest BCUT2D eigenvalue weighted by molar-refractivity contribution is 9.11. The maximum absolute atomic E-state index is 12.2. The molecular formula is C11H18BrClN2O2S2. The van der Waals surface area contributed by atoms with Gasteiger partial charge in [0.15, 0.2) is 0 Å². The number of halogens is 2. The summed E-state index contributed by atoms with van der Waals surface area (Å²) in [7, 11) is -3.38. The molecule has 0 bridgehead atoms. The number of hydrogen-bond donors (Lipinski definition) is 2. The highest BCUT2D eigenvalue weighted by Crippen LogP contribution is 2.31. The zero-order valence-electron chi connectivity index (χ0n) is 10.6. The van der Waals surface area contributed by atoms with Gasteiger partial charge >= 0.3 is 0 Å². The quantitative estimate of drug-likeness (QED) is 0.835. The van der Waals surface area contributed by atoms with E-state index in [1.54, 1.807) is 6.07 Å². The van der Waals surface area contributed by atoms with E-state index in [1.807, 2.05) is 6.92 Å². The minimum atomic E-state index is -3.38. The van der Waals surface area contributed by atoms with Crippen LogP contribution in [-0.2, 0) is 10.0 Å². The van der Waals surface area contributed by atoms with Crippen molar-refractivity contribution in [2.75, 3.05) is 0 Å². The molecule has 3 N–H and O–H groups in total. The largest absolute Gasteiger partial charge is 0.328 e. The second kappa shape index (κ2) is 6.87. The molecule has 1 fully saturated rings. The first-order chi connectivity index (χ1) is 8.38. The molecule has 1 aromatic rings. The van der Waals surface area contributed by atoms with Crippen molar-refractivity contribution in [3.8, 4) is 0 Å². The standard InChI is InChI=1S/C11H17BrN2O2S2.ClH/c1-7-6-10(17-11(7)12)18(15,16)14-9-4-2-8(13)3-5-9;/h6,8-9,14H,2-5,13H2,1H3;1H. The second-order valence-corrected chi connectivity index (χ2v) is 9.07. The lowest BCUT2D eigenvalue weighted by Gasteiger charge is -2.26. The molecule has 0 aliphatic heterocycles. The van der Waals surface area contributed by atoms with Gasteiger partial charge in [0, 0.05) is 12.1 Å². The summed E-state index contributed by atoms with van der Waals surface area (Å²) in [4.78, 5) is 0. The Labute approximate surface area is 132 Å². The van der Waals surface area contributed by atoms with E-state index < -0.39 is 10.0 Å². The van der Waals surface area contributed by atoms with Crippen molar-refractivity contribution in [3.63, 3.8) is 0 Å². The van der Waals surface area contributed by atoms with Crippen molar-refractivity contribution in [3.05, 3.63) is 15.4 Å². The summed E-state index contributed by atoms with van der Waals surface area (Å²) in [6, 6.07) is 1.95. The summed E-state index contributed by atoms with van der Waals surface area (Å²) in [6.45, 7) is 1.89. The summed E-state index contributed by atoms with van der Waals surface area (Å²) in [5.41, 5.74) is 6.76. The molecular weight excluding hydrogens is 372 g/mol. The molecule has 1 heterocycles. The number of nitrogens with one attached hydrogen (secondary N) is 1. The fourth-order valence-electron chi connectivity index (χ4n) is 2.08. The fraction of sp³-hybridized carbons (Fsp3) is 0.636. The predicted octanol–water partition coefficient (Wildman–Crippen LogP) is 2.79. The van der Waals surface area contributed by atoms with Crippen molar-refractivity contribution >= 4 is 49.7 Å². The molecule has 0 radical (unpaired) electrons. The molecule has 0 amide bonds. The zero-order valence-corrected chi connectivity index (χ0v) is 14.6. The molecule has 1 aliphatic rings. The molecule has 0 spiro atoms. The molecule has 0 aromatic carbocycles. The average molecular weight is 390 g/mol. The molecule has 4 nitrogen and oxygen atoms in total. The minimum Gasteiger partial charge on any atom is -0.328 e. The van der Waals surface area contributed by atoms with Gasteiger partial charge in [0.05, 0.1) is 3.79 Å². The van der Waals surface area contributed by atoms with Gasteiger partial charge in [-0.3, -0.25) is 0 Å². The van der Waals surface area contributed by atoms with E-state index in [4.69, 9.17) is 5.73 Å². The van der Waals surface area contributed by atoms with Crippen LogP contribution in [0.5, 0.6) is 0 Å². The van der Waals surface area contributed by atoms with Crippen LogP contribution < -0.4 is 10.5 Å². The topological polar surface area (TPSA) is 72.2 Å². The molecule has 8 heteroatoms. The van der Waals surface area contributed by atoms with E-state index in [0.29, 0.717) is 4.21 Å². The third-order valence-corrected chi connectivity index (χ3v) is 7.32. The number of nitrogens with two attached hydrogens (primary N) is 1. The Morgan fingerprint density at radius 3 is 2.42 bits per heavy atom. The van der Waals surface area contributed by atoms with Crippen molar-refractivity contribution < 1.29 is 8.42 Å². The minimum absolute atomic E-state index is 0. The van der Waals surface area contributed by atoms with Crippen LogP contribution in [0.3, 0.4) is 0 Å². The number of sulfonamides is 1. The van der Waals surface area contributed by atoms with Crippen LogP contribution in [0.4, 0.5) is 0 Å². The van der Waals surface area contributed by atoms with Gasteiger partial charge in [-0.05, 0) is 60.2 Å². The van der Waals surface area contributed by atoms with Crippen molar-refractivity contribution in [1.82, 2.24) is 4.72 Å². The number of thiophene rings is 1. The summed E-state index contributed by atoms with van der Waals surface area (Å²) in [5, 5.41) is 0.